The van der Waals surface area contributed by atoms with E-state index < -0.39 is 0 Å². The van der Waals surface area contributed by atoms with E-state index in [2.05, 4.69) is 48.0 Å². The van der Waals surface area contributed by atoms with Crippen molar-refractivity contribution in [3.05, 3.63) is 35.4 Å². The van der Waals surface area contributed by atoms with Crippen molar-refractivity contribution in [2.75, 3.05) is 46.4 Å². The molecular formula is C15H24N2O. The Bertz CT molecular complexity index is 361. The summed E-state index contributed by atoms with van der Waals surface area (Å²) in [6.45, 7) is 9.39. The van der Waals surface area contributed by atoms with E-state index in [9.17, 15) is 0 Å². The van der Waals surface area contributed by atoms with E-state index in [0.717, 1.165) is 45.9 Å². The minimum Gasteiger partial charge on any atom is -0.379 e. The molecule has 0 saturated carbocycles. The summed E-state index contributed by atoms with van der Waals surface area (Å²) in [5, 5.41) is 0. The zero-order chi connectivity index (χ0) is 12.8. The Balaban J connectivity index is 1.72. The maximum Gasteiger partial charge on any atom is 0.0594 e. The molecule has 0 N–H and O–H groups in total. The first-order chi connectivity index (χ1) is 8.74. The fraction of sp³-hybridized carbons (Fsp3) is 0.600. The zero-order valence-corrected chi connectivity index (χ0v) is 11.6. The first-order valence-electron chi connectivity index (χ1n) is 6.78. The van der Waals surface area contributed by atoms with E-state index in [1.54, 1.807) is 0 Å². The molecule has 0 radical (unpaired) electrons. The number of ether oxygens (including phenoxy) is 1. The van der Waals surface area contributed by atoms with E-state index in [0.29, 0.717) is 0 Å². The molecule has 1 aliphatic heterocycles. The maximum atomic E-state index is 5.36. The number of rotatable bonds is 5. The van der Waals surface area contributed by atoms with Crippen LogP contribution in [0.3, 0.4) is 0 Å². The quantitative estimate of drug-likeness (QED) is 0.789. The molecule has 1 saturated heterocycles. The van der Waals surface area contributed by atoms with Gasteiger partial charge < -0.3 is 9.64 Å². The van der Waals surface area contributed by atoms with Crippen LogP contribution in [0.1, 0.15) is 11.1 Å². The van der Waals surface area contributed by atoms with Gasteiger partial charge in [0.1, 0.15) is 0 Å². The highest BCUT2D eigenvalue weighted by molar-refractivity contribution is 5.21. The van der Waals surface area contributed by atoms with Crippen LogP contribution in [0.4, 0.5) is 0 Å². The highest BCUT2D eigenvalue weighted by Crippen LogP contribution is 2.06. The average Bonchev–Trinajstić information content (AvgIpc) is 2.38. The summed E-state index contributed by atoms with van der Waals surface area (Å²) in [5.74, 6) is 0. The van der Waals surface area contributed by atoms with Gasteiger partial charge in [-0.1, -0.05) is 29.8 Å². The van der Waals surface area contributed by atoms with Gasteiger partial charge in [-0.15, -0.1) is 0 Å². The van der Waals surface area contributed by atoms with Crippen LogP contribution >= 0.6 is 0 Å². The number of aryl methyl sites for hydroxylation is 1. The Morgan fingerprint density at radius 1 is 1.28 bits per heavy atom. The monoisotopic (exact) mass is 248 g/mol. The smallest absolute Gasteiger partial charge is 0.0594 e. The lowest BCUT2D eigenvalue weighted by molar-refractivity contribution is 0.0342. The highest BCUT2D eigenvalue weighted by atomic mass is 16.5. The van der Waals surface area contributed by atoms with Gasteiger partial charge in [-0.2, -0.15) is 0 Å². The molecule has 1 aromatic carbocycles. The molecule has 1 aromatic rings. The molecule has 3 nitrogen and oxygen atoms in total. The third-order valence-electron chi connectivity index (χ3n) is 3.44. The molecule has 1 fully saturated rings. The van der Waals surface area contributed by atoms with Crippen LogP contribution in [-0.2, 0) is 11.3 Å². The van der Waals surface area contributed by atoms with Gasteiger partial charge in [-0.3, -0.25) is 4.90 Å². The Morgan fingerprint density at radius 3 is 2.78 bits per heavy atom. The van der Waals surface area contributed by atoms with Crippen molar-refractivity contribution in [2.24, 2.45) is 0 Å². The third kappa shape index (κ3) is 4.41. The minimum atomic E-state index is 0.890. The molecule has 0 aliphatic carbocycles. The fourth-order valence-electron chi connectivity index (χ4n) is 2.34. The molecule has 0 bridgehead atoms. The minimum absolute atomic E-state index is 0.890. The van der Waals surface area contributed by atoms with Gasteiger partial charge in [0, 0.05) is 32.7 Å². The largest absolute Gasteiger partial charge is 0.379 e. The lowest BCUT2D eigenvalue weighted by Crippen LogP contribution is -2.40. The second kappa shape index (κ2) is 6.88. The maximum absolute atomic E-state index is 5.36. The van der Waals surface area contributed by atoms with Crippen molar-refractivity contribution in [1.82, 2.24) is 9.80 Å². The van der Waals surface area contributed by atoms with Crippen molar-refractivity contribution in [3.8, 4) is 0 Å². The second-order valence-corrected chi connectivity index (χ2v) is 5.18. The van der Waals surface area contributed by atoms with E-state index in [1.807, 2.05) is 0 Å². The Labute approximate surface area is 110 Å². The van der Waals surface area contributed by atoms with Crippen molar-refractivity contribution >= 4 is 0 Å². The van der Waals surface area contributed by atoms with Crippen LogP contribution in [0.15, 0.2) is 24.3 Å². The molecule has 100 valence electrons. The molecule has 0 spiro atoms. The topological polar surface area (TPSA) is 15.7 Å². The van der Waals surface area contributed by atoms with E-state index >= 15 is 0 Å². The molecule has 18 heavy (non-hydrogen) atoms. The van der Waals surface area contributed by atoms with Crippen molar-refractivity contribution in [1.29, 1.82) is 0 Å². The highest BCUT2D eigenvalue weighted by Gasteiger charge is 2.10. The number of likely N-dealkylation sites (N-methyl/N-ethyl adjacent to an activating group) is 1. The standard InChI is InChI=1S/C15H24N2O/c1-14-4-3-5-15(12-14)13-16(2)6-7-17-8-10-18-11-9-17/h3-5,12H,6-11,13H2,1-2H3. The van der Waals surface area contributed by atoms with Gasteiger partial charge in [0.25, 0.3) is 0 Å². The summed E-state index contributed by atoms with van der Waals surface area (Å²) in [7, 11) is 2.20. The van der Waals surface area contributed by atoms with Crippen LogP contribution in [-0.4, -0.2) is 56.2 Å². The van der Waals surface area contributed by atoms with Gasteiger partial charge in [-0.05, 0) is 19.5 Å². The summed E-state index contributed by atoms with van der Waals surface area (Å²) in [5.41, 5.74) is 2.74. The van der Waals surface area contributed by atoms with Gasteiger partial charge in [-0.25, -0.2) is 0 Å². The second-order valence-electron chi connectivity index (χ2n) is 5.18. The summed E-state index contributed by atoms with van der Waals surface area (Å²) < 4.78 is 5.36. The van der Waals surface area contributed by atoms with E-state index in [4.69, 9.17) is 4.74 Å². The molecule has 0 aromatic heterocycles. The van der Waals surface area contributed by atoms with Crippen molar-refractivity contribution in [3.63, 3.8) is 0 Å². The normalized spacial score (nSPS) is 17.3. The summed E-state index contributed by atoms with van der Waals surface area (Å²) in [6, 6.07) is 8.77. The fourth-order valence-corrected chi connectivity index (χ4v) is 2.34. The Kier molecular flexibility index (Phi) is 5.17. The predicted molar refractivity (Wildman–Crippen MR) is 74.8 cm³/mol. The molecule has 1 aliphatic rings. The molecule has 0 atom stereocenters. The van der Waals surface area contributed by atoms with Crippen LogP contribution < -0.4 is 0 Å². The molecular weight excluding hydrogens is 224 g/mol. The van der Waals surface area contributed by atoms with Gasteiger partial charge in [0.15, 0.2) is 0 Å². The van der Waals surface area contributed by atoms with Crippen LogP contribution in [0, 0.1) is 6.92 Å². The molecule has 1 heterocycles. The SMILES string of the molecule is Cc1cccc(CN(C)CCN2CCOCC2)c1. The van der Waals surface area contributed by atoms with Crippen molar-refractivity contribution in [2.45, 2.75) is 13.5 Å². The summed E-state index contributed by atoms with van der Waals surface area (Å²) >= 11 is 0. The predicted octanol–water partition coefficient (Wildman–Crippen LogP) is 1.76. The van der Waals surface area contributed by atoms with Crippen LogP contribution in [0.2, 0.25) is 0 Å². The van der Waals surface area contributed by atoms with Crippen LogP contribution in [0.25, 0.3) is 0 Å². The van der Waals surface area contributed by atoms with Crippen LogP contribution in [0.5, 0.6) is 0 Å². The average molecular weight is 248 g/mol. The van der Waals surface area contributed by atoms with Gasteiger partial charge in [0.05, 0.1) is 13.2 Å². The first kappa shape index (κ1) is 13.5. The lowest BCUT2D eigenvalue weighted by Gasteiger charge is -2.28. The van der Waals surface area contributed by atoms with E-state index in [-0.39, 0.29) is 0 Å². The number of morpholine rings is 1. The zero-order valence-electron chi connectivity index (χ0n) is 11.6. The van der Waals surface area contributed by atoms with Crippen molar-refractivity contribution < 1.29 is 4.74 Å². The molecule has 0 amide bonds. The summed E-state index contributed by atoms with van der Waals surface area (Å²) in [6.07, 6.45) is 0. The first-order valence-corrected chi connectivity index (χ1v) is 6.78. The Morgan fingerprint density at radius 2 is 2.06 bits per heavy atom. The number of benzene rings is 1. The van der Waals surface area contributed by atoms with E-state index in [1.165, 1.54) is 11.1 Å². The van der Waals surface area contributed by atoms with Gasteiger partial charge >= 0.3 is 0 Å². The molecule has 0 unspecified atom stereocenters. The number of hydrogen-bond donors (Lipinski definition) is 0. The molecule has 3 heteroatoms. The number of hydrogen-bond acceptors (Lipinski definition) is 3. The third-order valence-corrected chi connectivity index (χ3v) is 3.44. The van der Waals surface area contributed by atoms with Gasteiger partial charge in [0.2, 0.25) is 0 Å². The summed E-state index contributed by atoms with van der Waals surface area (Å²) in [4.78, 5) is 4.88. The molecule has 2 rings (SSSR count). The number of nitrogens with zero attached hydrogens (tertiary/aromatic N) is 2. The lowest BCUT2D eigenvalue weighted by atomic mass is 10.1. The Hall–Kier alpha value is -0.900.